The first-order valence-corrected chi connectivity index (χ1v) is 14.5. The van der Waals surface area contributed by atoms with E-state index in [1.807, 2.05) is 6.92 Å². The van der Waals surface area contributed by atoms with Gasteiger partial charge in [-0.1, -0.05) is 67.4 Å². The number of sulfonamides is 1. The second kappa shape index (κ2) is 13.9. The predicted octanol–water partition coefficient (Wildman–Crippen LogP) is 4.78. The molecule has 0 saturated carbocycles. The third kappa shape index (κ3) is 7.57. The maximum Gasteiger partial charge on any atom is 0.271 e. The van der Waals surface area contributed by atoms with E-state index in [9.17, 15) is 28.1 Å². The lowest BCUT2D eigenvalue weighted by atomic mass is 10.1. The third-order valence-corrected chi connectivity index (χ3v) is 8.39. The number of non-ortho nitro benzene ring substituents is 1. The highest BCUT2D eigenvalue weighted by Crippen LogP contribution is 2.28. The van der Waals surface area contributed by atoms with E-state index in [4.69, 9.17) is 11.6 Å². The van der Waals surface area contributed by atoms with E-state index in [0.29, 0.717) is 17.1 Å². The fourth-order valence-electron chi connectivity index (χ4n) is 3.94. The summed E-state index contributed by atoms with van der Waals surface area (Å²) in [7, 11) is -4.33. The number of nitrogens with zero attached hydrogens (tertiary/aromatic N) is 3. The lowest BCUT2D eigenvalue weighted by molar-refractivity contribution is -0.384. The van der Waals surface area contributed by atoms with Gasteiger partial charge >= 0.3 is 0 Å². The van der Waals surface area contributed by atoms with Crippen molar-refractivity contribution >= 4 is 44.8 Å². The van der Waals surface area contributed by atoms with Crippen molar-refractivity contribution < 1.29 is 22.9 Å². The van der Waals surface area contributed by atoms with Gasteiger partial charge in [0.1, 0.15) is 12.6 Å². The molecular formula is C28H31ClN4O6S. The number of nitrogens with one attached hydrogen (secondary N) is 1. The average molecular weight is 587 g/mol. The Hall–Kier alpha value is -3.96. The summed E-state index contributed by atoms with van der Waals surface area (Å²) in [4.78, 5) is 38.8. The summed E-state index contributed by atoms with van der Waals surface area (Å²) in [6.45, 7) is 3.19. The van der Waals surface area contributed by atoms with Crippen molar-refractivity contribution in [3.63, 3.8) is 0 Å². The molecule has 0 aliphatic rings. The fourth-order valence-corrected chi connectivity index (χ4v) is 5.56. The van der Waals surface area contributed by atoms with Gasteiger partial charge in [0.2, 0.25) is 11.8 Å². The number of nitro benzene ring substituents is 1. The van der Waals surface area contributed by atoms with E-state index in [-0.39, 0.29) is 22.8 Å². The van der Waals surface area contributed by atoms with Gasteiger partial charge in [0, 0.05) is 30.2 Å². The van der Waals surface area contributed by atoms with Gasteiger partial charge in [-0.2, -0.15) is 0 Å². The van der Waals surface area contributed by atoms with Crippen LogP contribution in [0.3, 0.4) is 0 Å². The molecule has 212 valence electrons. The zero-order valence-corrected chi connectivity index (χ0v) is 23.8. The fraction of sp³-hybridized carbons (Fsp3) is 0.286. The first-order chi connectivity index (χ1) is 19.1. The second-order valence-electron chi connectivity index (χ2n) is 9.04. The van der Waals surface area contributed by atoms with Gasteiger partial charge in [0.25, 0.3) is 15.7 Å². The van der Waals surface area contributed by atoms with E-state index in [0.717, 1.165) is 23.2 Å². The molecule has 0 unspecified atom stereocenters. The van der Waals surface area contributed by atoms with Gasteiger partial charge in [-0.15, -0.1) is 0 Å². The van der Waals surface area contributed by atoms with Crippen molar-refractivity contribution in [2.24, 2.45) is 0 Å². The molecule has 0 aromatic heterocycles. The molecule has 0 saturated heterocycles. The van der Waals surface area contributed by atoms with E-state index in [1.54, 1.807) is 37.3 Å². The number of hydrogen-bond donors (Lipinski definition) is 1. The van der Waals surface area contributed by atoms with Gasteiger partial charge in [-0.05, 0) is 43.2 Å². The van der Waals surface area contributed by atoms with Crippen LogP contribution in [0.25, 0.3) is 0 Å². The molecule has 0 fully saturated rings. The molecule has 12 heteroatoms. The summed E-state index contributed by atoms with van der Waals surface area (Å²) in [6.07, 6.45) is 1.62. The summed E-state index contributed by atoms with van der Waals surface area (Å²) in [5.74, 6) is -1.09. The van der Waals surface area contributed by atoms with E-state index >= 15 is 0 Å². The number of amides is 2. The molecule has 0 heterocycles. The Kier molecular flexibility index (Phi) is 10.6. The number of anilines is 1. The molecule has 10 nitrogen and oxygen atoms in total. The van der Waals surface area contributed by atoms with Crippen molar-refractivity contribution in [2.75, 3.05) is 17.4 Å². The molecule has 40 heavy (non-hydrogen) atoms. The van der Waals surface area contributed by atoms with Gasteiger partial charge < -0.3 is 10.2 Å². The molecule has 3 aromatic rings. The predicted molar refractivity (Wildman–Crippen MR) is 153 cm³/mol. The second-order valence-corrected chi connectivity index (χ2v) is 11.3. The summed E-state index contributed by atoms with van der Waals surface area (Å²) in [5.41, 5.74) is 0.164. The van der Waals surface area contributed by atoms with Crippen LogP contribution in [-0.2, 0) is 26.2 Å². The highest BCUT2D eigenvalue weighted by molar-refractivity contribution is 7.92. The molecule has 0 radical (unpaired) electrons. The first kappa shape index (κ1) is 30.6. The monoisotopic (exact) mass is 586 g/mol. The van der Waals surface area contributed by atoms with Crippen molar-refractivity contribution in [1.82, 2.24) is 10.2 Å². The summed E-state index contributed by atoms with van der Waals surface area (Å²) in [6, 6.07) is 18.4. The van der Waals surface area contributed by atoms with Crippen LogP contribution in [0.15, 0.2) is 83.8 Å². The molecule has 0 aliphatic heterocycles. The smallest absolute Gasteiger partial charge is 0.271 e. The van der Waals surface area contributed by atoms with Crippen LogP contribution >= 0.6 is 11.6 Å². The minimum absolute atomic E-state index is 0.0605. The Morgan fingerprint density at radius 3 is 2.35 bits per heavy atom. The number of nitro groups is 1. The molecule has 0 spiro atoms. The Morgan fingerprint density at radius 2 is 1.70 bits per heavy atom. The minimum Gasteiger partial charge on any atom is -0.354 e. The Labute approximate surface area is 238 Å². The lowest BCUT2D eigenvalue weighted by Crippen LogP contribution is -2.51. The van der Waals surface area contributed by atoms with Gasteiger partial charge in [-0.3, -0.25) is 24.0 Å². The highest BCUT2D eigenvalue weighted by atomic mass is 35.5. The van der Waals surface area contributed by atoms with Crippen molar-refractivity contribution in [3.8, 4) is 0 Å². The molecule has 1 N–H and O–H groups in total. The number of unbranched alkanes of at least 4 members (excludes halogenated alkanes) is 1. The van der Waals surface area contributed by atoms with E-state index in [2.05, 4.69) is 5.32 Å². The summed E-state index contributed by atoms with van der Waals surface area (Å²) < 4.78 is 28.3. The standard InChI is InChI=1S/C28H31ClN4O6S/c1-3-4-17-30-28(35)21(2)31(19-22-11-8-9-16-26(22)29)27(34)20-32(23-12-10-13-24(18-23)33(36)37)40(38,39)25-14-6-5-7-15-25/h5-16,18,21H,3-4,17,19-20H2,1-2H3,(H,30,35)/t21-/m0/s1. The molecule has 1 atom stereocenters. The Bertz CT molecular complexity index is 1450. The van der Waals surface area contributed by atoms with E-state index in [1.165, 1.54) is 47.4 Å². The molecule has 3 rings (SSSR count). The van der Waals surface area contributed by atoms with Crippen molar-refractivity contribution in [2.45, 2.75) is 44.2 Å². The minimum atomic E-state index is -4.33. The molecule has 0 aliphatic carbocycles. The quantitative estimate of drug-likeness (QED) is 0.174. The van der Waals surface area contributed by atoms with Gasteiger partial charge in [0.05, 0.1) is 15.5 Å². The van der Waals surface area contributed by atoms with Crippen LogP contribution in [0.2, 0.25) is 5.02 Å². The normalized spacial score (nSPS) is 11.9. The molecule has 2 amide bonds. The highest BCUT2D eigenvalue weighted by Gasteiger charge is 2.33. The molecule has 3 aromatic carbocycles. The SMILES string of the molecule is CCCCNC(=O)[C@H](C)N(Cc1ccccc1Cl)C(=O)CN(c1cccc([N+](=O)[O-])c1)S(=O)(=O)c1ccccc1. The topological polar surface area (TPSA) is 130 Å². The number of halogens is 1. The zero-order chi connectivity index (χ0) is 29.3. The molecule has 0 bridgehead atoms. The number of rotatable bonds is 13. The number of carbonyl (C=O) groups is 2. The van der Waals surface area contributed by atoms with Crippen LogP contribution in [0, 0.1) is 10.1 Å². The lowest BCUT2D eigenvalue weighted by Gasteiger charge is -2.32. The average Bonchev–Trinajstić information content (AvgIpc) is 2.95. The van der Waals surface area contributed by atoms with E-state index < -0.39 is 39.3 Å². The largest absolute Gasteiger partial charge is 0.354 e. The maximum absolute atomic E-state index is 13.9. The van der Waals surface area contributed by atoms with Gasteiger partial charge in [-0.25, -0.2) is 8.42 Å². The van der Waals surface area contributed by atoms with Crippen LogP contribution in [0.1, 0.15) is 32.3 Å². The Balaban J connectivity index is 2.04. The summed E-state index contributed by atoms with van der Waals surface area (Å²) >= 11 is 6.35. The summed E-state index contributed by atoms with van der Waals surface area (Å²) in [5, 5.41) is 14.6. The zero-order valence-electron chi connectivity index (χ0n) is 22.2. The van der Waals surface area contributed by atoms with Crippen molar-refractivity contribution in [1.29, 1.82) is 0 Å². The van der Waals surface area contributed by atoms with Crippen LogP contribution in [0.4, 0.5) is 11.4 Å². The number of benzene rings is 3. The first-order valence-electron chi connectivity index (χ1n) is 12.7. The molecular weight excluding hydrogens is 556 g/mol. The van der Waals surface area contributed by atoms with Gasteiger partial charge in [0.15, 0.2) is 0 Å². The van der Waals surface area contributed by atoms with Crippen LogP contribution in [-0.4, -0.2) is 49.2 Å². The maximum atomic E-state index is 13.9. The van der Waals surface area contributed by atoms with Crippen LogP contribution < -0.4 is 9.62 Å². The third-order valence-electron chi connectivity index (χ3n) is 6.23. The Morgan fingerprint density at radius 1 is 1.02 bits per heavy atom. The van der Waals surface area contributed by atoms with Crippen molar-refractivity contribution in [3.05, 3.63) is 99.6 Å². The number of hydrogen-bond acceptors (Lipinski definition) is 6. The van der Waals surface area contributed by atoms with Crippen LogP contribution in [0.5, 0.6) is 0 Å². The number of carbonyl (C=O) groups excluding carboxylic acids is 2.